The number of likely N-dealkylation sites (tertiary alicyclic amines) is 1. The fraction of sp³-hybridized carbons (Fsp3) is 1.00. The number of sulfonamides is 1. The van der Waals surface area contributed by atoms with Gasteiger partial charge in [-0.2, -0.15) is 0 Å². The van der Waals surface area contributed by atoms with Crippen LogP contribution in [0.2, 0.25) is 0 Å². The van der Waals surface area contributed by atoms with Gasteiger partial charge in [-0.3, -0.25) is 0 Å². The molecule has 2 aliphatic carbocycles. The first-order valence-electron chi connectivity index (χ1n) is 7.45. The minimum absolute atomic E-state index is 0.0119. The normalized spacial score (nSPS) is 32.0. The molecule has 20 heavy (non-hydrogen) atoms. The maximum absolute atomic E-state index is 12.8. The fourth-order valence-corrected chi connectivity index (χ4v) is 4.91. The summed E-state index contributed by atoms with van der Waals surface area (Å²) in [6, 6.07) is -0.0464. The van der Waals surface area contributed by atoms with Crippen molar-refractivity contribution in [1.29, 1.82) is 0 Å². The van der Waals surface area contributed by atoms with E-state index in [0.29, 0.717) is 13.1 Å². The first kappa shape index (κ1) is 14.7. The molecule has 0 amide bonds. The molecule has 1 saturated heterocycles. The third-order valence-electron chi connectivity index (χ3n) is 4.49. The minimum atomic E-state index is -3.15. The van der Waals surface area contributed by atoms with Crippen LogP contribution in [0.5, 0.6) is 0 Å². The highest BCUT2D eigenvalue weighted by Gasteiger charge is 2.46. The van der Waals surface area contributed by atoms with Crippen molar-refractivity contribution >= 4 is 10.0 Å². The molecule has 7 heteroatoms. The largest absolute Gasteiger partial charge is 0.301 e. The molecule has 4 nitrogen and oxygen atoms in total. The molecule has 0 spiro atoms. The lowest BCUT2D eigenvalue weighted by Gasteiger charge is -2.40. The average Bonchev–Trinajstić information content (AvgIpc) is 3.10. The summed E-state index contributed by atoms with van der Waals surface area (Å²) in [6.07, 6.45) is 3.29. The van der Waals surface area contributed by atoms with Crippen molar-refractivity contribution < 1.29 is 17.2 Å². The molecule has 0 aromatic rings. The first-order valence-corrected chi connectivity index (χ1v) is 9.00. The summed E-state index contributed by atoms with van der Waals surface area (Å²) in [6.45, 7) is 2.23. The van der Waals surface area contributed by atoms with Crippen LogP contribution < -0.4 is 4.72 Å². The maximum Gasteiger partial charge on any atom is 0.248 e. The van der Waals surface area contributed by atoms with Crippen molar-refractivity contribution in [3.8, 4) is 0 Å². The number of alkyl halides is 2. The predicted octanol–water partition coefficient (Wildman–Crippen LogP) is 1.58. The first-order chi connectivity index (χ1) is 9.34. The van der Waals surface area contributed by atoms with Gasteiger partial charge in [0.05, 0.1) is 5.25 Å². The van der Waals surface area contributed by atoms with Gasteiger partial charge in [-0.25, -0.2) is 21.9 Å². The Morgan fingerprint density at radius 2 is 1.90 bits per heavy atom. The van der Waals surface area contributed by atoms with E-state index in [1.165, 1.54) is 0 Å². The van der Waals surface area contributed by atoms with Crippen molar-refractivity contribution in [3.63, 3.8) is 0 Å². The standard InChI is InChI=1S/C13H22F2N2O2S/c14-13(15)6-10(7-13)8-17-5-1-2-11(9-17)16-20(18,19)12-3-4-12/h10-12,16H,1-9H2. The van der Waals surface area contributed by atoms with Gasteiger partial charge in [0.2, 0.25) is 15.9 Å². The Balaban J connectivity index is 1.47. The second-order valence-corrected chi connectivity index (χ2v) is 8.58. The molecular weight excluding hydrogens is 286 g/mol. The zero-order valence-electron chi connectivity index (χ0n) is 11.5. The molecule has 0 bridgehead atoms. The van der Waals surface area contributed by atoms with Gasteiger partial charge < -0.3 is 4.90 Å². The van der Waals surface area contributed by atoms with Gasteiger partial charge in [0.15, 0.2) is 0 Å². The van der Waals surface area contributed by atoms with Gasteiger partial charge in [-0.05, 0) is 38.1 Å². The van der Waals surface area contributed by atoms with E-state index < -0.39 is 15.9 Å². The molecule has 1 N–H and O–H groups in total. The number of piperidine rings is 1. The number of halogens is 2. The van der Waals surface area contributed by atoms with E-state index in [2.05, 4.69) is 9.62 Å². The second kappa shape index (κ2) is 5.18. The van der Waals surface area contributed by atoms with Crippen LogP contribution in [0.15, 0.2) is 0 Å². The zero-order chi connectivity index (χ0) is 14.4. The lowest BCUT2D eigenvalue weighted by molar-refractivity contribution is -0.117. The molecular formula is C13H22F2N2O2S. The van der Waals surface area contributed by atoms with E-state index in [0.717, 1.165) is 32.2 Å². The molecule has 0 aromatic heterocycles. The molecule has 3 rings (SSSR count). The monoisotopic (exact) mass is 308 g/mol. The maximum atomic E-state index is 12.8. The minimum Gasteiger partial charge on any atom is -0.301 e. The van der Waals surface area contributed by atoms with Crippen LogP contribution in [0.3, 0.4) is 0 Å². The van der Waals surface area contributed by atoms with Gasteiger partial charge in [-0.1, -0.05) is 0 Å². The molecule has 116 valence electrons. The van der Waals surface area contributed by atoms with Crippen molar-refractivity contribution in [1.82, 2.24) is 9.62 Å². The zero-order valence-corrected chi connectivity index (χ0v) is 12.3. The highest BCUT2D eigenvalue weighted by atomic mass is 32.2. The van der Waals surface area contributed by atoms with Crippen molar-refractivity contribution in [3.05, 3.63) is 0 Å². The molecule has 1 unspecified atom stereocenters. The van der Waals surface area contributed by atoms with E-state index in [9.17, 15) is 17.2 Å². The molecule has 2 saturated carbocycles. The number of rotatable bonds is 5. The lowest BCUT2D eigenvalue weighted by atomic mass is 9.81. The van der Waals surface area contributed by atoms with E-state index >= 15 is 0 Å². The van der Waals surface area contributed by atoms with Gasteiger partial charge >= 0.3 is 0 Å². The molecule has 1 atom stereocenters. The Morgan fingerprint density at radius 1 is 1.20 bits per heavy atom. The number of hydrogen-bond donors (Lipinski definition) is 1. The fourth-order valence-electron chi connectivity index (χ4n) is 3.30. The van der Waals surface area contributed by atoms with E-state index in [4.69, 9.17) is 0 Å². The highest BCUT2D eigenvalue weighted by Crippen LogP contribution is 2.42. The van der Waals surface area contributed by atoms with E-state index in [1.807, 2.05) is 0 Å². The van der Waals surface area contributed by atoms with Crippen LogP contribution in [-0.2, 0) is 10.0 Å². The lowest BCUT2D eigenvalue weighted by Crippen LogP contribution is -2.51. The summed E-state index contributed by atoms with van der Waals surface area (Å²) in [7, 11) is -3.15. The molecule has 1 heterocycles. The second-order valence-electron chi connectivity index (χ2n) is 6.59. The predicted molar refractivity (Wildman–Crippen MR) is 72.2 cm³/mol. The van der Waals surface area contributed by atoms with Gasteiger partial charge in [-0.15, -0.1) is 0 Å². The van der Waals surface area contributed by atoms with E-state index in [-0.39, 0.29) is 30.1 Å². The summed E-state index contributed by atoms with van der Waals surface area (Å²) >= 11 is 0. The van der Waals surface area contributed by atoms with E-state index in [1.54, 1.807) is 0 Å². The van der Waals surface area contributed by atoms with Gasteiger partial charge in [0, 0.05) is 32.0 Å². The Hall–Kier alpha value is -0.270. The summed E-state index contributed by atoms with van der Waals surface area (Å²) in [4.78, 5) is 2.14. The number of hydrogen-bond acceptors (Lipinski definition) is 3. The van der Waals surface area contributed by atoms with Gasteiger partial charge in [0.25, 0.3) is 0 Å². The summed E-state index contributed by atoms with van der Waals surface area (Å²) < 4.78 is 52.3. The van der Waals surface area contributed by atoms with Crippen molar-refractivity contribution in [2.24, 2.45) is 5.92 Å². The van der Waals surface area contributed by atoms with Crippen LogP contribution in [0.25, 0.3) is 0 Å². The highest BCUT2D eigenvalue weighted by molar-refractivity contribution is 7.90. The Kier molecular flexibility index (Phi) is 3.79. The van der Waals surface area contributed by atoms with Crippen LogP contribution in [-0.4, -0.2) is 50.2 Å². The molecule has 1 aliphatic heterocycles. The van der Waals surface area contributed by atoms with Crippen molar-refractivity contribution in [2.75, 3.05) is 19.6 Å². The van der Waals surface area contributed by atoms with Crippen LogP contribution >= 0.6 is 0 Å². The van der Waals surface area contributed by atoms with Crippen molar-refractivity contribution in [2.45, 2.75) is 55.7 Å². The molecule has 0 aromatic carbocycles. The van der Waals surface area contributed by atoms with Crippen LogP contribution in [0.1, 0.15) is 38.5 Å². The van der Waals surface area contributed by atoms with Gasteiger partial charge in [0.1, 0.15) is 0 Å². The smallest absolute Gasteiger partial charge is 0.248 e. The number of nitrogens with zero attached hydrogens (tertiary/aromatic N) is 1. The topological polar surface area (TPSA) is 49.4 Å². The Morgan fingerprint density at radius 3 is 2.50 bits per heavy atom. The van der Waals surface area contributed by atoms with Crippen LogP contribution in [0, 0.1) is 5.92 Å². The molecule has 3 aliphatic rings. The number of nitrogens with one attached hydrogen (secondary N) is 1. The third kappa shape index (κ3) is 3.49. The average molecular weight is 308 g/mol. The van der Waals surface area contributed by atoms with Crippen LogP contribution in [0.4, 0.5) is 8.78 Å². The Labute approximate surface area is 119 Å². The quantitative estimate of drug-likeness (QED) is 0.839. The third-order valence-corrected chi connectivity index (χ3v) is 6.50. The molecule has 0 radical (unpaired) electrons. The summed E-state index contributed by atoms with van der Waals surface area (Å²) in [5.74, 6) is -2.39. The molecule has 3 fully saturated rings. The Bertz CT molecular complexity index is 457. The SMILES string of the molecule is O=S(=O)(NC1CCCN(CC2CC(F)(F)C2)C1)C1CC1. The summed E-state index contributed by atoms with van der Waals surface area (Å²) in [5.41, 5.74) is 0. The summed E-state index contributed by atoms with van der Waals surface area (Å²) in [5, 5.41) is -0.191.